The van der Waals surface area contributed by atoms with Gasteiger partial charge in [0.1, 0.15) is 18.1 Å². The van der Waals surface area contributed by atoms with Crippen LogP contribution in [0.25, 0.3) is 10.9 Å². The Bertz CT molecular complexity index is 1470. The first-order chi connectivity index (χ1) is 20.4. The maximum Gasteiger partial charge on any atom is 0.326 e. The number of carboxylic acids is 2. The van der Waals surface area contributed by atoms with Gasteiger partial charge >= 0.3 is 11.9 Å². The number of nitrogens with two attached hydrogens (primary N) is 2. The van der Waals surface area contributed by atoms with Gasteiger partial charge < -0.3 is 42.6 Å². The van der Waals surface area contributed by atoms with Crippen LogP contribution in [0.2, 0.25) is 0 Å². The molecule has 14 heteroatoms. The number of H-pyrrole nitrogens is 1. The summed E-state index contributed by atoms with van der Waals surface area (Å²) in [6.45, 7) is 0. The van der Waals surface area contributed by atoms with Crippen molar-refractivity contribution in [3.63, 3.8) is 0 Å². The van der Waals surface area contributed by atoms with Crippen molar-refractivity contribution in [3.8, 4) is 0 Å². The van der Waals surface area contributed by atoms with Crippen molar-refractivity contribution < 1.29 is 39.0 Å². The van der Waals surface area contributed by atoms with E-state index in [4.69, 9.17) is 16.6 Å². The third kappa shape index (κ3) is 9.67. The molecule has 1 heterocycles. The SMILES string of the molecule is NC(=O)CC(N)C(=O)NC(CCC(=O)O)C(=O)NC(Cc1c[nH]c2ccccc12)C(=O)NC(Cc1ccccc1)C(=O)O. The third-order valence-electron chi connectivity index (χ3n) is 6.67. The van der Waals surface area contributed by atoms with E-state index in [1.165, 1.54) is 0 Å². The third-order valence-corrected chi connectivity index (χ3v) is 6.67. The molecule has 3 rings (SSSR count). The Balaban J connectivity index is 1.87. The highest BCUT2D eigenvalue weighted by molar-refractivity contribution is 5.95. The van der Waals surface area contributed by atoms with Crippen molar-refractivity contribution in [1.82, 2.24) is 20.9 Å². The number of para-hydroxylation sites is 1. The summed E-state index contributed by atoms with van der Waals surface area (Å²) in [5.74, 6) is -6.02. The van der Waals surface area contributed by atoms with E-state index in [-0.39, 0.29) is 19.3 Å². The predicted octanol–water partition coefficient (Wildman–Crippen LogP) is -0.440. The molecule has 3 aromatic rings. The number of carbonyl (C=O) groups excluding carboxylic acids is 4. The fraction of sp³-hybridized carbons (Fsp3) is 0.310. The second kappa shape index (κ2) is 15.1. The Morgan fingerprint density at radius 1 is 0.767 bits per heavy atom. The van der Waals surface area contributed by atoms with Crippen molar-refractivity contribution in [1.29, 1.82) is 0 Å². The second-order valence-electron chi connectivity index (χ2n) is 9.98. The zero-order valence-corrected chi connectivity index (χ0v) is 23.1. The second-order valence-corrected chi connectivity index (χ2v) is 9.98. The Hall–Kier alpha value is -5.24. The van der Waals surface area contributed by atoms with Gasteiger partial charge in [0.25, 0.3) is 0 Å². The first-order valence-corrected chi connectivity index (χ1v) is 13.4. The average molecular weight is 595 g/mol. The highest BCUT2D eigenvalue weighted by Gasteiger charge is 2.31. The van der Waals surface area contributed by atoms with Gasteiger partial charge in [-0.3, -0.25) is 24.0 Å². The molecule has 0 saturated carbocycles. The largest absolute Gasteiger partial charge is 0.481 e. The standard InChI is InChI=1S/C29H34N6O8/c30-19(14-24(31)36)26(39)33-21(10-11-25(37)38)27(40)34-22(13-17-15-32-20-9-5-4-8-18(17)20)28(41)35-23(29(42)43)12-16-6-2-1-3-7-16/h1-9,15,19,21-23,32H,10-14,30H2,(H2,31,36)(H,33,39)(H,34,40)(H,35,41)(H,37,38)(H,42,43). The topological polar surface area (TPSA) is 247 Å². The van der Waals surface area contributed by atoms with E-state index in [2.05, 4.69) is 20.9 Å². The van der Waals surface area contributed by atoms with E-state index >= 15 is 0 Å². The summed E-state index contributed by atoms with van der Waals surface area (Å²) < 4.78 is 0. The number of primary amides is 1. The summed E-state index contributed by atoms with van der Waals surface area (Å²) in [5.41, 5.74) is 12.8. The number of nitrogens with one attached hydrogen (secondary N) is 4. The normalized spacial score (nSPS) is 13.7. The summed E-state index contributed by atoms with van der Waals surface area (Å²) >= 11 is 0. The molecule has 14 nitrogen and oxygen atoms in total. The first kappa shape index (κ1) is 32.3. The maximum atomic E-state index is 13.5. The molecule has 0 saturated heterocycles. The smallest absolute Gasteiger partial charge is 0.326 e. The van der Waals surface area contributed by atoms with Crippen LogP contribution in [0.1, 0.15) is 30.4 Å². The molecule has 10 N–H and O–H groups in total. The highest BCUT2D eigenvalue weighted by Crippen LogP contribution is 2.19. The number of rotatable bonds is 16. The number of carboxylic acid groups (broad SMARTS) is 2. The molecule has 1 aromatic heterocycles. The number of hydrogen-bond acceptors (Lipinski definition) is 7. The van der Waals surface area contributed by atoms with Crippen molar-refractivity contribution in [2.45, 2.75) is 56.3 Å². The predicted molar refractivity (Wildman–Crippen MR) is 154 cm³/mol. The van der Waals surface area contributed by atoms with E-state index < -0.39 is 72.6 Å². The van der Waals surface area contributed by atoms with Crippen LogP contribution in [-0.2, 0) is 41.6 Å². The van der Waals surface area contributed by atoms with Crippen LogP contribution < -0.4 is 27.4 Å². The maximum absolute atomic E-state index is 13.5. The van der Waals surface area contributed by atoms with E-state index in [0.29, 0.717) is 11.1 Å². The molecule has 0 fully saturated rings. The van der Waals surface area contributed by atoms with E-state index in [0.717, 1.165) is 10.9 Å². The Kier molecular flexibility index (Phi) is 11.3. The van der Waals surface area contributed by atoms with Gasteiger partial charge in [-0.2, -0.15) is 0 Å². The summed E-state index contributed by atoms with van der Waals surface area (Å²) in [6, 6.07) is 10.4. The lowest BCUT2D eigenvalue weighted by molar-refractivity contribution is -0.142. The van der Waals surface area contributed by atoms with Gasteiger partial charge in [-0.1, -0.05) is 48.5 Å². The molecule has 4 atom stereocenters. The first-order valence-electron chi connectivity index (χ1n) is 13.4. The lowest BCUT2D eigenvalue weighted by Crippen LogP contribution is -2.58. The van der Waals surface area contributed by atoms with Crippen molar-refractivity contribution >= 4 is 46.5 Å². The molecule has 0 radical (unpaired) electrons. The Labute approximate surface area is 246 Å². The van der Waals surface area contributed by atoms with Crippen LogP contribution in [-0.4, -0.2) is 74.9 Å². The zero-order valence-electron chi connectivity index (χ0n) is 23.1. The molecule has 0 bridgehead atoms. The summed E-state index contributed by atoms with van der Waals surface area (Å²) in [5, 5.41) is 27.1. The lowest BCUT2D eigenvalue weighted by atomic mass is 10.0. The van der Waals surface area contributed by atoms with E-state index in [1.54, 1.807) is 42.6 Å². The quantitative estimate of drug-likeness (QED) is 0.107. The number of benzene rings is 2. The summed E-state index contributed by atoms with van der Waals surface area (Å²) in [7, 11) is 0. The van der Waals surface area contributed by atoms with E-state index in [1.807, 2.05) is 18.2 Å². The molecule has 4 amide bonds. The highest BCUT2D eigenvalue weighted by atomic mass is 16.4. The molecule has 0 spiro atoms. The fourth-order valence-electron chi connectivity index (χ4n) is 4.45. The molecule has 0 aliphatic heterocycles. The minimum atomic E-state index is -1.44. The van der Waals surface area contributed by atoms with Crippen molar-refractivity contribution in [2.24, 2.45) is 11.5 Å². The molecule has 2 aromatic carbocycles. The molecule has 4 unspecified atom stereocenters. The number of aromatic amines is 1. The van der Waals surface area contributed by atoms with Crippen LogP contribution in [0.5, 0.6) is 0 Å². The lowest BCUT2D eigenvalue weighted by Gasteiger charge is -2.25. The number of aromatic nitrogens is 1. The molecule has 0 aliphatic carbocycles. The molecular formula is C29H34N6O8. The van der Waals surface area contributed by atoms with Crippen molar-refractivity contribution in [2.75, 3.05) is 0 Å². The van der Waals surface area contributed by atoms with Gasteiger partial charge in [-0.15, -0.1) is 0 Å². The molecular weight excluding hydrogens is 560 g/mol. The molecule has 228 valence electrons. The number of amides is 4. The number of hydrogen-bond donors (Lipinski definition) is 8. The van der Waals surface area contributed by atoms with Gasteiger partial charge in [-0.05, 0) is 23.6 Å². The van der Waals surface area contributed by atoms with Gasteiger partial charge in [0.2, 0.25) is 23.6 Å². The Morgan fingerprint density at radius 2 is 1.37 bits per heavy atom. The van der Waals surface area contributed by atoms with Gasteiger partial charge in [0.15, 0.2) is 0 Å². The van der Waals surface area contributed by atoms with Gasteiger partial charge in [0, 0.05) is 36.4 Å². The van der Waals surface area contributed by atoms with Crippen LogP contribution in [0, 0.1) is 0 Å². The average Bonchev–Trinajstić information content (AvgIpc) is 3.37. The van der Waals surface area contributed by atoms with Crippen molar-refractivity contribution in [3.05, 3.63) is 71.9 Å². The van der Waals surface area contributed by atoms with Gasteiger partial charge in [0.05, 0.1) is 12.5 Å². The van der Waals surface area contributed by atoms with Crippen LogP contribution >= 0.6 is 0 Å². The van der Waals surface area contributed by atoms with Gasteiger partial charge in [-0.25, -0.2) is 4.79 Å². The number of aliphatic carboxylic acids is 2. The van der Waals surface area contributed by atoms with Crippen LogP contribution in [0.4, 0.5) is 0 Å². The minimum Gasteiger partial charge on any atom is -0.481 e. The van der Waals surface area contributed by atoms with Crippen LogP contribution in [0.3, 0.4) is 0 Å². The molecule has 43 heavy (non-hydrogen) atoms. The summed E-state index contributed by atoms with van der Waals surface area (Å²) in [6.07, 6.45) is 0.181. The minimum absolute atomic E-state index is 0.0231. The Morgan fingerprint density at radius 3 is 2.02 bits per heavy atom. The fourth-order valence-corrected chi connectivity index (χ4v) is 4.45. The van der Waals surface area contributed by atoms with E-state index in [9.17, 15) is 33.9 Å². The summed E-state index contributed by atoms with van der Waals surface area (Å²) in [4.78, 5) is 77.0. The zero-order chi connectivity index (χ0) is 31.5. The van der Waals surface area contributed by atoms with Crippen LogP contribution in [0.15, 0.2) is 60.8 Å². The monoisotopic (exact) mass is 594 g/mol. The number of fused-ring (bicyclic) bond motifs is 1. The molecule has 0 aliphatic rings. The number of carbonyl (C=O) groups is 6.